The topological polar surface area (TPSA) is 573 Å². The van der Waals surface area contributed by atoms with Crippen LogP contribution >= 0.6 is 23.2 Å². The summed E-state index contributed by atoms with van der Waals surface area (Å²) in [6.07, 6.45) is -15.8. The Bertz CT molecular complexity index is 5340. The van der Waals surface area contributed by atoms with E-state index in [-0.39, 0.29) is 47.8 Å². The molecule has 684 valence electrons. The Balaban J connectivity index is 1.04. The molecule has 40 heteroatoms. The van der Waals surface area contributed by atoms with Crippen molar-refractivity contribution < 1.29 is 138 Å². The van der Waals surface area contributed by atoms with Crippen molar-refractivity contribution in [2.75, 3.05) is 40.8 Å². The number of likely N-dealkylation sites (N-methyl/N-ethyl adjacent to an activating group) is 1. The summed E-state index contributed by atoms with van der Waals surface area (Å²) < 4.78 is 44.5. The molecule has 0 radical (unpaired) electrons. The molecule has 0 unspecified atom stereocenters. The van der Waals surface area contributed by atoms with Gasteiger partial charge in [0.15, 0.2) is 29.1 Å². The van der Waals surface area contributed by atoms with Crippen LogP contribution in [0.25, 0.3) is 11.1 Å². The monoisotopic (exact) mass is 1810 g/mol. The maximum atomic E-state index is 16.8. The number of hydrogen-bond donors (Lipinski definition) is 21. The number of unbranched alkanes of at least 4 members (excludes halogenated alkanes) is 5. The molecule has 8 aliphatic heterocycles. The number of aliphatic hydroxyl groups is 7. The number of fused-ring (bicyclic) bond motifs is 14. The smallest absolute Gasteiger partial charge is 0.335 e. The lowest BCUT2D eigenvalue weighted by molar-refractivity contribution is -0.277. The average Bonchev–Trinajstić information content (AvgIpc) is 0.755. The highest BCUT2D eigenvalue weighted by Gasteiger charge is 2.52. The minimum Gasteiger partial charge on any atom is -0.508 e. The van der Waals surface area contributed by atoms with Crippen molar-refractivity contribution in [3.8, 4) is 80.1 Å². The number of nitrogens with zero attached hydrogens (tertiary/aromatic N) is 1. The third kappa shape index (κ3) is 21.1. The molecular formula is C88H100Cl2N10O28. The Labute approximate surface area is 742 Å². The van der Waals surface area contributed by atoms with Crippen LogP contribution in [0.4, 0.5) is 0 Å². The zero-order chi connectivity index (χ0) is 92.0. The number of halogens is 2. The molecular weight excluding hydrogens is 1720 g/mol. The number of aromatic hydroxyl groups is 4. The van der Waals surface area contributed by atoms with Gasteiger partial charge in [-0.05, 0) is 153 Å². The molecule has 15 rings (SSSR count). The van der Waals surface area contributed by atoms with E-state index in [9.17, 15) is 75.7 Å². The first-order valence-corrected chi connectivity index (χ1v) is 42.3. The lowest BCUT2D eigenvalue weighted by Gasteiger charge is -2.41. The van der Waals surface area contributed by atoms with Gasteiger partial charge in [0.1, 0.15) is 131 Å². The molecule has 18 atom stereocenters. The molecule has 21 N–H and O–H groups in total. The Kier molecular flexibility index (Phi) is 29.7. The van der Waals surface area contributed by atoms with Crippen molar-refractivity contribution in [1.82, 2.24) is 52.8 Å². The lowest BCUT2D eigenvalue weighted by Crippen LogP contribution is -2.66. The molecule has 7 aromatic carbocycles. The second kappa shape index (κ2) is 40.6. The van der Waals surface area contributed by atoms with E-state index >= 15 is 28.8 Å². The van der Waals surface area contributed by atoms with Gasteiger partial charge in [-0.25, -0.2) is 4.79 Å². The summed E-state index contributed by atoms with van der Waals surface area (Å²) in [6.45, 7) is 3.61. The normalized spacial score (nSPS) is 25.8. The van der Waals surface area contributed by atoms with Gasteiger partial charge in [0, 0.05) is 48.2 Å². The molecule has 0 aliphatic carbocycles. The fourth-order valence-corrected chi connectivity index (χ4v) is 16.4. The van der Waals surface area contributed by atoms with Gasteiger partial charge in [-0.3, -0.25) is 38.4 Å². The van der Waals surface area contributed by atoms with Crippen molar-refractivity contribution in [3.05, 3.63) is 164 Å². The molecule has 8 amide bonds. The number of benzene rings is 7. The van der Waals surface area contributed by atoms with Crippen LogP contribution in [-0.2, 0) is 59.0 Å². The van der Waals surface area contributed by atoms with E-state index in [0.29, 0.717) is 30.9 Å². The largest absolute Gasteiger partial charge is 0.508 e. The SMILES string of the molecule is CN[C@@H]1C(=O)N[C@@H]2Cc3ccc(cc3)Oc3cc4cc(c3O[C@@H]3O[C@H](C(=O)O)[C@@H](O)[C@H](O)[C@H]3NC(=O)CCCCCCCCC(C)C)Oc3ccc(cc3Cl)[C@@H](O)[C@@H]3NC(=O)[C@H](NC(=O)[C@@H]4NC(=O)[C@@H](NC2=O)c2cc(cc(O)c2Cl)Oc2cc1ccc2O)c1ccc(O)c(c1)-c1c(O[C@H]2O[C@H](CO)[C@@H](O)[C@H](O)[C@@H]2O)cc(O)cc1[C@@H](C(=O)NCCCN(C)C)NC3=O. The Morgan fingerprint density at radius 1 is 0.562 bits per heavy atom. The van der Waals surface area contributed by atoms with Crippen LogP contribution < -0.4 is 71.5 Å². The highest BCUT2D eigenvalue weighted by atomic mass is 35.5. The van der Waals surface area contributed by atoms with E-state index in [4.69, 9.17) is 56.4 Å². The zero-order valence-corrected chi connectivity index (χ0v) is 71.2. The van der Waals surface area contributed by atoms with Crippen LogP contribution in [0.3, 0.4) is 0 Å². The van der Waals surface area contributed by atoms with Crippen molar-refractivity contribution in [2.24, 2.45) is 5.92 Å². The van der Waals surface area contributed by atoms with E-state index in [1.54, 1.807) is 19.0 Å². The summed E-state index contributed by atoms with van der Waals surface area (Å²) in [5, 5.41) is 161. The van der Waals surface area contributed by atoms with E-state index < -0.39 is 271 Å². The molecule has 0 spiro atoms. The van der Waals surface area contributed by atoms with Crippen molar-refractivity contribution in [3.63, 3.8) is 0 Å². The molecule has 8 heterocycles. The van der Waals surface area contributed by atoms with E-state index in [2.05, 4.69) is 61.7 Å². The van der Waals surface area contributed by atoms with Crippen LogP contribution in [0.5, 0.6) is 69.0 Å². The third-order valence-electron chi connectivity index (χ3n) is 22.7. The highest BCUT2D eigenvalue weighted by Crippen LogP contribution is 2.51. The molecule has 0 aromatic heterocycles. The molecule has 17 bridgehead atoms. The predicted octanol–water partition coefficient (Wildman–Crippen LogP) is 4.17. The molecule has 38 nitrogen and oxygen atoms in total. The Morgan fingerprint density at radius 2 is 1.21 bits per heavy atom. The summed E-state index contributed by atoms with van der Waals surface area (Å²) in [6, 6.07) is 5.68. The third-order valence-corrected chi connectivity index (χ3v) is 23.4. The van der Waals surface area contributed by atoms with Gasteiger partial charge in [0.25, 0.3) is 0 Å². The van der Waals surface area contributed by atoms with Gasteiger partial charge in [-0.1, -0.05) is 106 Å². The second-order valence-corrected chi connectivity index (χ2v) is 33.5. The summed E-state index contributed by atoms with van der Waals surface area (Å²) in [5.74, 6) is -17.5. The first kappa shape index (κ1) is 93.7. The minimum atomic E-state index is -2.45. The first-order valence-electron chi connectivity index (χ1n) is 41.5. The number of carboxylic acid groups (broad SMARTS) is 1. The number of aliphatic hydroxyl groups excluding tert-OH is 7. The van der Waals surface area contributed by atoms with Gasteiger partial charge < -0.3 is 147 Å². The fourth-order valence-electron chi connectivity index (χ4n) is 15.9. The number of amides is 8. The van der Waals surface area contributed by atoms with E-state index in [0.717, 1.165) is 105 Å². The predicted molar refractivity (Wildman–Crippen MR) is 452 cm³/mol. The van der Waals surface area contributed by atoms with Gasteiger partial charge in [0.05, 0.1) is 16.7 Å². The maximum absolute atomic E-state index is 16.8. The number of carbonyl (C=O) groups excluding carboxylic acids is 8. The summed E-state index contributed by atoms with van der Waals surface area (Å²) in [4.78, 5) is 140. The number of aliphatic carboxylic acids is 1. The fraction of sp³-hybridized carbons (Fsp3) is 0.420. The Morgan fingerprint density at radius 3 is 1.91 bits per heavy atom. The van der Waals surface area contributed by atoms with Crippen LogP contribution in [0, 0.1) is 5.92 Å². The van der Waals surface area contributed by atoms with Crippen molar-refractivity contribution in [2.45, 2.75) is 188 Å². The van der Waals surface area contributed by atoms with Gasteiger partial charge in [0.2, 0.25) is 65.6 Å². The summed E-state index contributed by atoms with van der Waals surface area (Å²) in [5.41, 5.74) is -2.68. The number of nitrogens with one attached hydrogen (secondary N) is 9. The van der Waals surface area contributed by atoms with Crippen LogP contribution in [0.2, 0.25) is 10.0 Å². The van der Waals surface area contributed by atoms with Crippen LogP contribution in [0.1, 0.15) is 147 Å². The standard InChI is InChI=1S/C88H100Cl2N10O28/c1-38(2)13-10-8-6-7-9-11-14-61(106)94-70-73(109)75(111)78(86(120)121)128-87(70)127-77-58-31-43-32-59(77)124-55-24-19-42(29-50(55)89)71(107)69-85(119)98-67(80(114)92-25-12-26-100(4)5)48-33-44(102)34-57(125-88-76(112)74(110)72(108)60(37-101)126-88)62(48)47-28-40(17-22-52(47)103)65(82(116)99-69)95-83(117)66(43)96-84(118)68-49-35-46(36-54(105)63(49)90)123-56-30-41(18-23-53(56)104)64(91-3)81(115)93-51(79(113)97-68)27-39-15-20-45(122-58)21-16-39/h15-24,28-36,38,51,60,64-76,78,87-88,91,101-105,107-112H,6-14,25-27,37H2,1-5H3,(H,92,114)(H,93,115)(H,94,106)(H,95,117)(H,96,118)(H,97,113)(H,98,119)(H,99,116)(H,120,121)/t51-,60-,64+,65-,66-,67+,68+,69+,70-,71-,72-,73-,74+,75+,76+,78+,87-,88+/m1/s1. The number of carboxylic acids is 1. The highest BCUT2D eigenvalue weighted by molar-refractivity contribution is 6.33. The lowest BCUT2D eigenvalue weighted by atomic mass is 9.89. The number of carbonyl (C=O) groups is 9. The molecule has 2 saturated heterocycles. The summed E-state index contributed by atoms with van der Waals surface area (Å²) in [7, 11) is 4.95. The number of ether oxygens (including phenoxy) is 7. The zero-order valence-electron chi connectivity index (χ0n) is 69.7. The van der Waals surface area contributed by atoms with Crippen molar-refractivity contribution in [1.29, 1.82) is 0 Å². The second-order valence-electron chi connectivity index (χ2n) is 32.7. The van der Waals surface area contributed by atoms with Crippen LogP contribution in [0.15, 0.2) is 115 Å². The molecule has 0 saturated carbocycles. The van der Waals surface area contributed by atoms with Gasteiger partial charge in [-0.2, -0.15) is 0 Å². The minimum absolute atomic E-state index is 0.0943. The number of rotatable bonds is 22. The van der Waals surface area contributed by atoms with E-state index in [1.807, 2.05) is 0 Å². The molecule has 128 heavy (non-hydrogen) atoms. The number of phenols is 4. The van der Waals surface area contributed by atoms with Gasteiger partial charge in [-0.15, -0.1) is 0 Å². The number of hydrogen-bond acceptors (Lipinski definition) is 29. The quantitative estimate of drug-likeness (QED) is 0.0423. The van der Waals surface area contributed by atoms with Gasteiger partial charge >= 0.3 is 5.97 Å². The van der Waals surface area contributed by atoms with Crippen LogP contribution in [-0.4, -0.2) is 234 Å². The molecule has 2 fully saturated rings. The average molecular weight is 1820 g/mol. The molecule has 8 aliphatic rings. The Hall–Kier alpha value is -11.9. The number of phenolic OH excluding ortho intramolecular Hbond substituents is 4. The van der Waals surface area contributed by atoms with Crippen molar-refractivity contribution >= 4 is 76.4 Å². The first-order chi connectivity index (χ1) is 61.1. The van der Waals surface area contributed by atoms with E-state index in [1.165, 1.54) is 49.5 Å². The molecule has 7 aromatic rings. The summed E-state index contributed by atoms with van der Waals surface area (Å²) >= 11 is 14.3. The maximum Gasteiger partial charge on any atom is 0.335 e.